The van der Waals surface area contributed by atoms with E-state index in [0.717, 1.165) is 37.1 Å². The number of piperidine rings is 1. The van der Waals surface area contributed by atoms with Crippen molar-refractivity contribution in [2.45, 2.75) is 31.8 Å². The summed E-state index contributed by atoms with van der Waals surface area (Å²) in [6, 6.07) is -0.306. The first-order valence-electron chi connectivity index (χ1n) is 11.2. The number of nitrogens with zero attached hydrogens (tertiary/aromatic N) is 8. The Bertz CT molecular complexity index is 1130. The molecular weight excluding hydrogens is 424 g/mol. The first-order chi connectivity index (χ1) is 16.0. The predicted molar refractivity (Wildman–Crippen MR) is 122 cm³/mol. The molecule has 0 radical (unpaired) electrons. The average molecular weight is 453 g/mol. The fourth-order valence-electron chi connectivity index (χ4n) is 4.39. The lowest BCUT2D eigenvalue weighted by Gasteiger charge is -2.33. The number of rotatable bonds is 4. The van der Waals surface area contributed by atoms with E-state index in [1.165, 1.54) is 0 Å². The largest absolute Gasteiger partial charge is 0.378 e. The lowest BCUT2D eigenvalue weighted by atomic mass is 10.0. The zero-order valence-electron chi connectivity index (χ0n) is 18.6. The number of morpholine rings is 1. The van der Waals surface area contributed by atoms with Crippen LogP contribution in [0.2, 0.25) is 0 Å². The van der Waals surface area contributed by atoms with E-state index >= 15 is 0 Å². The zero-order valence-corrected chi connectivity index (χ0v) is 18.6. The molecule has 2 fully saturated rings. The van der Waals surface area contributed by atoms with Crippen LogP contribution in [0.3, 0.4) is 0 Å². The maximum absolute atomic E-state index is 12.3. The molecule has 3 aromatic rings. The molecule has 3 aromatic heterocycles. The van der Waals surface area contributed by atoms with Crippen LogP contribution in [0.5, 0.6) is 0 Å². The van der Waals surface area contributed by atoms with E-state index in [4.69, 9.17) is 26.2 Å². The van der Waals surface area contributed by atoms with Crippen molar-refractivity contribution in [3.05, 3.63) is 18.7 Å². The van der Waals surface area contributed by atoms with E-state index in [0.29, 0.717) is 43.5 Å². The van der Waals surface area contributed by atoms with Crippen molar-refractivity contribution in [2.24, 2.45) is 5.73 Å². The minimum absolute atomic E-state index is 0.00787. The third-order valence-corrected chi connectivity index (χ3v) is 6.21. The second-order valence-corrected chi connectivity index (χ2v) is 8.47. The number of amides is 1. The third-order valence-electron chi connectivity index (χ3n) is 6.21. The Balaban J connectivity index is 1.52. The van der Waals surface area contributed by atoms with Crippen LogP contribution >= 0.6 is 0 Å². The van der Waals surface area contributed by atoms with E-state index in [9.17, 15) is 4.79 Å². The fourth-order valence-corrected chi connectivity index (χ4v) is 4.39. The van der Waals surface area contributed by atoms with Crippen LogP contribution in [0.4, 0.5) is 11.9 Å². The highest BCUT2D eigenvalue weighted by Crippen LogP contribution is 2.31. The number of aromatic nitrogens is 6. The molecule has 5 rings (SSSR count). The summed E-state index contributed by atoms with van der Waals surface area (Å²) in [5.41, 5.74) is 14.3. The molecular formula is C21H28N10O2. The van der Waals surface area contributed by atoms with Gasteiger partial charge in [0.1, 0.15) is 11.2 Å². The summed E-state index contributed by atoms with van der Waals surface area (Å²) in [6.45, 7) is 5.74. The topological polar surface area (TPSA) is 154 Å². The number of fused-ring (bicyclic) bond motifs is 1. The summed E-state index contributed by atoms with van der Waals surface area (Å²) in [5, 5.41) is 0. The molecule has 2 aliphatic heterocycles. The number of imidazole rings is 1. The molecule has 2 aliphatic rings. The maximum atomic E-state index is 12.3. The molecule has 0 spiro atoms. The molecule has 12 nitrogen and oxygen atoms in total. The summed E-state index contributed by atoms with van der Waals surface area (Å²) < 4.78 is 7.60. The maximum Gasteiger partial charge on any atom is 0.239 e. The Hall–Kier alpha value is -3.38. The smallest absolute Gasteiger partial charge is 0.239 e. The van der Waals surface area contributed by atoms with Gasteiger partial charge in [-0.15, -0.1) is 0 Å². The van der Waals surface area contributed by atoms with Crippen molar-refractivity contribution in [1.29, 1.82) is 0 Å². The molecule has 33 heavy (non-hydrogen) atoms. The molecule has 0 aromatic carbocycles. The Morgan fingerprint density at radius 2 is 1.79 bits per heavy atom. The molecule has 1 atom stereocenters. The standard InChI is InChI=1S/C21H28N10O2/c1-13(22)19(32)29-4-2-15(3-5-29)31-12-26-17-16(14-10-24-20(23)25-11-14)27-21(28-18(17)31)30-6-8-33-9-7-30/h10-13,15H,2-9,22H2,1H3,(H2,23,24,25)/t13-/m0/s1. The van der Waals surface area contributed by atoms with Gasteiger partial charge in [-0.1, -0.05) is 0 Å². The van der Waals surface area contributed by atoms with E-state index in [1.54, 1.807) is 19.3 Å². The monoisotopic (exact) mass is 452 g/mol. The predicted octanol–water partition coefficient (Wildman–Crippen LogP) is 0.213. The summed E-state index contributed by atoms with van der Waals surface area (Å²) in [6.07, 6.45) is 6.74. The van der Waals surface area contributed by atoms with Crippen molar-refractivity contribution >= 4 is 29.0 Å². The van der Waals surface area contributed by atoms with Crippen LogP contribution in [0.25, 0.3) is 22.4 Å². The van der Waals surface area contributed by atoms with Gasteiger partial charge in [-0.2, -0.15) is 4.98 Å². The molecule has 174 valence electrons. The van der Waals surface area contributed by atoms with Gasteiger partial charge < -0.3 is 30.6 Å². The van der Waals surface area contributed by atoms with Crippen LogP contribution in [-0.4, -0.2) is 85.7 Å². The van der Waals surface area contributed by atoms with Crippen molar-refractivity contribution in [1.82, 2.24) is 34.4 Å². The molecule has 0 saturated carbocycles. The number of nitrogens with two attached hydrogens (primary N) is 2. The lowest BCUT2D eigenvalue weighted by molar-refractivity contribution is -0.133. The molecule has 0 unspecified atom stereocenters. The van der Waals surface area contributed by atoms with Gasteiger partial charge in [0.15, 0.2) is 5.65 Å². The van der Waals surface area contributed by atoms with Crippen molar-refractivity contribution in [3.63, 3.8) is 0 Å². The highest BCUT2D eigenvalue weighted by Gasteiger charge is 2.28. The van der Waals surface area contributed by atoms with Gasteiger partial charge in [-0.25, -0.2) is 19.9 Å². The van der Waals surface area contributed by atoms with Crippen LogP contribution in [0, 0.1) is 0 Å². The fraction of sp³-hybridized carbons (Fsp3) is 0.524. The summed E-state index contributed by atoms with van der Waals surface area (Å²) in [5.74, 6) is 0.825. The first-order valence-corrected chi connectivity index (χ1v) is 11.2. The normalized spacial score (nSPS) is 18.6. The number of carbonyl (C=O) groups is 1. The Morgan fingerprint density at radius 1 is 1.09 bits per heavy atom. The number of hydrogen-bond acceptors (Lipinski definition) is 10. The van der Waals surface area contributed by atoms with Crippen LogP contribution < -0.4 is 16.4 Å². The Kier molecular flexibility index (Phi) is 5.77. The highest BCUT2D eigenvalue weighted by atomic mass is 16.5. The van der Waals surface area contributed by atoms with E-state index in [-0.39, 0.29) is 17.9 Å². The van der Waals surface area contributed by atoms with Crippen LogP contribution in [-0.2, 0) is 9.53 Å². The summed E-state index contributed by atoms with van der Waals surface area (Å²) in [4.78, 5) is 38.9. The van der Waals surface area contributed by atoms with Gasteiger partial charge in [-0.3, -0.25) is 4.79 Å². The molecule has 0 bridgehead atoms. The zero-order chi connectivity index (χ0) is 22.9. The average Bonchev–Trinajstić information content (AvgIpc) is 3.28. The third kappa shape index (κ3) is 4.18. The van der Waals surface area contributed by atoms with Crippen molar-refractivity contribution in [2.75, 3.05) is 50.0 Å². The number of nitrogen functional groups attached to an aromatic ring is 1. The number of anilines is 2. The first kappa shape index (κ1) is 21.5. The van der Waals surface area contributed by atoms with E-state index in [1.807, 2.05) is 11.2 Å². The van der Waals surface area contributed by atoms with Crippen molar-refractivity contribution < 1.29 is 9.53 Å². The molecule has 4 N–H and O–H groups in total. The van der Waals surface area contributed by atoms with Gasteiger partial charge in [0.25, 0.3) is 0 Å². The number of likely N-dealkylation sites (tertiary alicyclic amines) is 1. The Morgan fingerprint density at radius 3 is 2.45 bits per heavy atom. The number of carbonyl (C=O) groups excluding carboxylic acids is 1. The highest BCUT2D eigenvalue weighted by molar-refractivity contribution is 5.88. The second-order valence-electron chi connectivity index (χ2n) is 8.47. The second kappa shape index (κ2) is 8.87. The molecule has 0 aliphatic carbocycles. The van der Waals surface area contributed by atoms with E-state index < -0.39 is 6.04 Å². The van der Waals surface area contributed by atoms with Crippen LogP contribution in [0.1, 0.15) is 25.8 Å². The summed E-state index contributed by atoms with van der Waals surface area (Å²) >= 11 is 0. The van der Waals surface area contributed by atoms with E-state index in [2.05, 4.69) is 24.4 Å². The minimum atomic E-state index is -0.482. The van der Waals surface area contributed by atoms with Crippen LogP contribution in [0.15, 0.2) is 18.7 Å². The van der Waals surface area contributed by atoms with Gasteiger partial charge in [0, 0.05) is 50.2 Å². The van der Waals surface area contributed by atoms with Gasteiger partial charge in [-0.05, 0) is 19.8 Å². The molecule has 12 heteroatoms. The van der Waals surface area contributed by atoms with Gasteiger partial charge >= 0.3 is 0 Å². The van der Waals surface area contributed by atoms with Gasteiger partial charge in [0.05, 0.1) is 25.6 Å². The lowest BCUT2D eigenvalue weighted by Crippen LogP contribution is -2.46. The van der Waals surface area contributed by atoms with Gasteiger partial charge in [0.2, 0.25) is 17.8 Å². The SMILES string of the molecule is C[C@H](N)C(=O)N1CCC(n2cnc3c(-c4cnc(N)nc4)nc(N4CCOCC4)nc32)CC1. The van der Waals surface area contributed by atoms with Crippen molar-refractivity contribution in [3.8, 4) is 11.3 Å². The Labute approximate surface area is 191 Å². The summed E-state index contributed by atoms with van der Waals surface area (Å²) in [7, 11) is 0. The number of hydrogen-bond donors (Lipinski definition) is 2. The minimum Gasteiger partial charge on any atom is -0.378 e. The number of ether oxygens (including phenoxy) is 1. The molecule has 2 saturated heterocycles. The quantitative estimate of drug-likeness (QED) is 0.561. The molecule has 1 amide bonds. The molecule has 5 heterocycles.